The highest BCUT2D eigenvalue weighted by atomic mass is 16.5. The Morgan fingerprint density at radius 3 is 3.10 bits per heavy atom. The van der Waals surface area contributed by atoms with E-state index in [1.165, 1.54) is 6.92 Å². The van der Waals surface area contributed by atoms with Gasteiger partial charge in [0, 0.05) is 26.2 Å². The second-order valence-corrected chi connectivity index (χ2v) is 4.55. The second-order valence-electron chi connectivity index (χ2n) is 4.55. The number of rotatable bonds is 3. The molecule has 0 aliphatic carbocycles. The van der Waals surface area contributed by atoms with Gasteiger partial charge in [0.25, 0.3) is 0 Å². The summed E-state index contributed by atoms with van der Waals surface area (Å²) in [6.07, 6.45) is 3.06. The molecular formula is C13H18N4O3. The first kappa shape index (κ1) is 14.3. The van der Waals surface area contributed by atoms with E-state index in [1.54, 1.807) is 29.4 Å². The van der Waals surface area contributed by atoms with E-state index in [0.717, 1.165) is 0 Å². The predicted octanol–water partition coefficient (Wildman–Crippen LogP) is 0.450. The van der Waals surface area contributed by atoms with Gasteiger partial charge in [0.1, 0.15) is 0 Å². The van der Waals surface area contributed by atoms with Gasteiger partial charge < -0.3 is 20.3 Å². The highest BCUT2D eigenvalue weighted by Gasteiger charge is 2.24. The number of hydrogen-bond acceptors (Lipinski definition) is 4. The van der Waals surface area contributed by atoms with E-state index in [9.17, 15) is 9.59 Å². The zero-order valence-corrected chi connectivity index (χ0v) is 11.3. The van der Waals surface area contributed by atoms with Crippen molar-refractivity contribution in [3.8, 4) is 0 Å². The van der Waals surface area contributed by atoms with E-state index in [0.29, 0.717) is 31.9 Å². The number of carbonyl (C=O) groups is 2. The van der Waals surface area contributed by atoms with Crippen LogP contribution in [0.4, 0.5) is 10.5 Å². The number of amides is 3. The van der Waals surface area contributed by atoms with Crippen LogP contribution < -0.4 is 10.6 Å². The molecule has 1 aliphatic rings. The van der Waals surface area contributed by atoms with Crippen molar-refractivity contribution in [2.75, 3.05) is 31.6 Å². The maximum Gasteiger partial charge on any atom is 0.322 e. The van der Waals surface area contributed by atoms with Crippen LogP contribution in [0.15, 0.2) is 24.5 Å². The number of aromatic nitrogens is 1. The smallest absolute Gasteiger partial charge is 0.322 e. The summed E-state index contributed by atoms with van der Waals surface area (Å²) in [7, 11) is 0. The van der Waals surface area contributed by atoms with Crippen LogP contribution in [-0.4, -0.2) is 54.2 Å². The van der Waals surface area contributed by atoms with Crippen LogP contribution >= 0.6 is 0 Å². The number of carbonyl (C=O) groups excluding carboxylic acids is 2. The monoisotopic (exact) mass is 278 g/mol. The molecule has 1 atom stereocenters. The van der Waals surface area contributed by atoms with Crippen molar-refractivity contribution in [2.24, 2.45) is 0 Å². The fourth-order valence-electron chi connectivity index (χ4n) is 1.92. The van der Waals surface area contributed by atoms with Gasteiger partial charge in [-0.1, -0.05) is 0 Å². The molecule has 0 spiro atoms. The summed E-state index contributed by atoms with van der Waals surface area (Å²) in [5, 5.41) is 5.47. The fourth-order valence-corrected chi connectivity index (χ4v) is 1.92. The minimum Gasteiger partial charge on any atom is -0.373 e. The Balaban J connectivity index is 1.85. The van der Waals surface area contributed by atoms with Gasteiger partial charge in [-0.15, -0.1) is 0 Å². The van der Waals surface area contributed by atoms with Gasteiger partial charge in [-0.25, -0.2) is 4.79 Å². The summed E-state index contributed by atoms with van der Waals surface area (Å²) in [4.78, 5) is 28.6. The number of pyridine rings is 1. The van der Waals surface area contributed by atoms with E-state index < -0.39 is 0 Å². The maximum atomic E-state index is 12.1. The Labute approximate surface area is 117 Å². The number of hydrogen-bond donors (Lipinski definition) is 2. The van der Waals surface area contributed by atoms with Crippen molar-refractivity contribution in [3.63, 3.8) is 0 Å². The van der Waals surface area contributed by atoms with Gasteiger partial charge in [-0.05, 0) is 12.1 Å². The van der Waals surface area contributed by atoms with E-state index in [1.807, 2.05) is 0 Å². The number of morpholine rings is 1. The van der Waals surface area contributed by atoms with Crippen molar-refractivity contribution in [1.82, 2.24) is 15.2 Å². The third kappa shape index (κ3) is 4.20. The molecule has 1 aromatic heterocycles. The molecule has 2 N–H and O–H groups in total. The molecule has 0 aromatic carbocycles. The third-order valence-electron chi connectivity index (χ3n) is 2.92. The quantitative estimate of drug-likeness (QED) is 0.841. The Morgan fingerprint density at radius 1 is 1.55 bits per heavy atom. The summed E-state index contributed by atoms with van der Waals surface area (Å²) in [6.45, 7) is 3.31. The van der Waals surface area contributed by atoms with E-state index in [-0.39, 0.29) is 18.0 Å². The molecule has 0 radical (unpaired) electrons. The summed E-state index contributed by atoms with van der Waals surface area (Å²) >= 11 is 0. The molecule has 108 valence electrons. The highest BCUT2D eigenvalue weighted by Crippen LogP contribution is 2.09. The number of ether oxygens (including phenoxy) is 1. The van der Waals surface area contributed by atoms with Gasteiger partial charge in [0.15, 0.2) is 0 Å². The lowest BCUT2D eigenvalue weighted by Gasteiger charge is -2.32. The molecule has 3 amide bonds. The predicted molar refractivity (Wildman–Crippen MR) is 73.3 cm³/mol. The second kappa shape index (κ2) is 6.85. The molecule has 2 rings (SSSR count). The lowest BCUT2D eigenvalue weighted by atomic mass is 10.2. The topological polar surface area (TPSA) is 83.6 Å². The molecular weight excluding hydrogens is 260 g/mol. The van der Waals surface area contributed by atoms with Crippen LogP contribution in [0.5, 0.6) is 0 Å². The van der Waals surface area contributed by atoms with Crippen LogP contribution in [0.1, 0.15) is 6.92 Å². The highest BCUT2D eigenvalue weighted by molar-refractivity contribution is 5.89. The van der Waals surface area contributed by atoms with E-state index in [2.05, 4.69) is 15.6 Å². The maximum absolute atomic E-state index is 12.1. The minimum absolute atomic E-state index is 0.106. The van der Waals surface area contributed by atoms with Gasteiger partial charge in [-0.3, -0.25) is 9.78 Å². The van der Waals surface area contributed by atoms with Crippen LogP contribution in [-0.2, 0) is 9.53 Å². The Hall–Kier alpha value is -2.15. The van der Waals surface area contributed by atoms with Crippen LogP contribution in [0.25, 0.3) is 0 Å². The zero-order chi connectivity index (χ0) is 14.4. The molecule has 1 fully saturated rings. The summed E-state index contributed by atoms with van der Waals surface area (Å²) in [5.41, 5.74) is 0.655. The first-order valence-corrected chi connectivity index (χ1v) is 6.47. The van der Waals surface area contributed by atoms with Gasteiger partial charge in [0.05, 0.1) is 31.1 Å². The average Bonchev–Trinajstić information content (AvgIpc) is 2.46. The Kier molecular flexibility index (Phi) is 4.89. The van der Waals surface area contributed by atoms with Gasteiger partial charge in [-0.2, -0.15) is 0 Å². The van der Waals surface area contributed by atoms with Crippen molar-refractivity contribution < 1.29 is 14.3 Å². The molecule has 1 aliphatic heterocycles. The largest absolute Gasteiger partial charge is 0.373 e. The molecule has 1 aromatic rings. The van der Waals surface area contributed by atoms with Crippen LogP contribution in [0, 0.1) is 0 Å². The fraction of sp³-hybridized carbons (Fsp3) is 0.462. The molecule has 7 nitrogen and oxygen atoms in total. The van der Waals surface area contributed by atoms with Crippen molar-refractivity contribution in [1.29, 1.82) is 0 Å². The first-order valence-electron chi connectivity index (χ1n) is 6.47. The summed E-state index contributed by atoms with van der Waals surface area (Å²) < 4.78 is 5.51. The molecule has 0 saturated carbocycles. The number of anilines is 1. The molecule has 0 bridgehead atoms. The zero-order valence-electron chi connectivity index (χ0n) is 11.3. The molecule has 7 heteroatoms. The molecule has 1 saturated heterocycles. The van der Waals surface area contributed by atoms with Crippen molar-refractivity contribution in [3.05, 3.63) is 24.5 Å². The standard InChI is InChI=1S/C13H18N4O3/c1-10(18)15-8-12-9-17(5-6-20-12)13(19)16-11-3-2-4-14-7-11/h2-4,7,12H,5-6,8-9H2,1H3,(H,15,18)(H,16,19)/t12-/m0/s1. The molecule has 2 heterocycles. The van der Waals surface area contributed by atoms with Crippen LogP contribution in [0.2, 0.25) is 0 Å². The minimum atomic E-state index is -0.186. The van der Waals surface area contributed by atoms with Gasteiger partial charge >= 0.3 is 6.03 Å². The SMILES string of the molecule is CC(=O)NC[C@H]1CN(C(=O)Nc2cccnc2)CCO1. The average molecular weight is 278 g/mol. The Morgan fingerprint density at radius 2 is 2.40 bits per heavy atom. The molecule has 0 unspecified atom stereocenters. The van der Waals surface area contributed by atoms with Crippen molar-refractivity contribution in [2.45, 2.75) is 13.0 Å². The lowest BCUT2D eigenvalue weighted by Crippen LogP contribution is -2.50. The Bertz CT molecular complexity index is 466. The normalized spacial score (nSPS) is 18.4. The van der Waals surface area contributed by atoms with Crippen molar-refractivity contribution >= 4 is 17.6 Å². The van der Waals surface area contributed by atoms with Gasteiger partial charge in [0.2, 0.25) is 5.91 Å². The summed E-state index contributed by atoms with van der Waals surface area (Å²) in [5.74, 6) is -0.106. The number of nitrogens with one attached hydrogen (secondary N) is 2. The summed E-state index contributed by atoms with van der Waals surface area (Å²) in [6, 6.07) is 3.35. The van der Waals surface area contributed by atoms with Crippen LogP contribution in [0.3, 0.4) is 0 Å². The first-order chi connectivity index (χ1) is 9.65. The molecule has 20 heavy (non-hydrogen) atoms. The van der Waals surface area contributed by atoms with E-state index >= 15 is 0 Å². The lowest BCUT2D eigenvalue weighted by molar-refractivity contribution is -0.120. The number of nitrogens with zero attached hydrogens (tertiary/aromatic N) is 2. The number of urea groups is 1. The van der Waals surface area contributed by atoms with E-state index in [4.69, 9.17) is 4.74 Å². The third-order valence-corrected chi connectivity index (χ3v) is 2.92.